The van der Waals surface area contributed by atoms with Crippen LogP contribution < -0.4 is 0 Å². The summed E-state index contributed by atoms with van der Waals surface area (Å²) in [6, 6.07) is 0.619. The predicted molar refractivity (Wildman–Crippen MR) is 64.4 cm³/mol. The van der Waals surface area contributed by atoms with Gasteiger partial charge < -0.3 is 9.64 Å². The average Bonchev–Trinajstić information content (AvgIpc) is 2.29. The molecule has 2 fully saturated rings. The van der Waals surface area contributed by atoms with Crippen molar-refractivity contribution in [2.45, 2.75) is 33.2 Å². The number of hydrogen-bond donors (Lipinski definition) is 0. The van der Waals surface area contributed by atoms with Gasteiger partial charge in [-0.05, 0) is 0 Å². The molecule has 0 aromatic rings. The zero-order valence-electron chi connectivity index (χ0n) is 10.7. The predicted octanol–water partition coefficient (Wildman–Crippen LogP) is 0.966. The zero-order valence-corrected chi connectivity index (χ0v) is 10.7. The fraction of sp³-hybridized carbons (Fsp3) is 0.917. The second kappa shape index (κ2) is 6.86. The van der Waals surface area contributed by atoms with Crippen LogP contribution in [0.4, 0.5) is 0 Å². The first-order valence-electron chi connectivity index (χ1n) is 6.41. The highest BCUT2D eigenvalue weighted by Gasteiger charge is 2.29. The Morgan fingerprint density at radius 2 is 1.75 bits per heavy atom. The molecule has 16 heavy (non-hydrogen) atoms. The summed E-state index contributed by atoms with van der Waals surface area (Å²) in [5, 5.41) is 0. The number of piperazine rings is 1. The molecular formula is C12H24N2O2. The third-order valence-corrected chi connectivity index (χ3v) is 3.11. The van der Waals surface area contributed by atoms with Crippen LogP contribution in [0, 0.1) is 0 Å². The van der Waals surface area contributed by atoms with E-state index in [1.165, 1.54) is 0 Å². The van der Waals surface area contributed by atoms with Crippen LogP contribution in [0.15, 0.2) is 0 Å². The minimum atomic E-state index is 0.287. The Hall–Kier alpha value is -0.610. The van der Waals surface area contributed by atoms with E-state index in [4.69, 9.17) is 4.74 Å². The molecule has 1 amide bonds. The quantitative estimate of drug-likeness (QED) is 0.706. The van der Waals surface area contributed by atoms with E-state index in [1.807, 2.05) is 25.7 Å². The summed E-state index contributed by atoms with van der Waals surface area (Å²) in [6.07, 6.45) is 0.631. The van der Waals surface area contributed by atoms with Crippen LogP contribution in [0.2, 0.25) is 0 Å². The number of nitrogens with zero attached hydrogens (tertiary/aromatic N) is 2. The van der Waals surface area contributed by atoms with E-state index in [1.54, 1.807) is 0 Å². The lowest BCUT2D eigenvalue weighted by Crippen LogP contribution is -2.57. The van der Waals surface area contributed by atoms with Gasteiger partial charge in [0.15, 0.2) is 0 Å². The molecule has 0 bridgehead atoms. The molecule has 2 rings (SSSR count). The molecule has 0 aromatic carbocycles. The van der Waals surface area contributed by atoms with Gasteiger partial charge in [-0.15, -0.1) is 0 Å². The van der Waals surface area contributed by atoms with Crippen molar-refractivity contribution in [3.63, 3.8) is 0 Å². The molecule has 0 N–H and O–H groups in total. The average molecular weight is 228 g/mol. The van der Waals surface area contributed by atoms with Gasteiger partial charge in [0, 0.05) is 32.6 Å². The van der Waals surface area contributed by atoms with Crippen LogP contribution in [0.1, 0.15) is 27.2 Å². The highest BCUT2D eigenvalue weighted by Crippen LogP contribution is 2.13. The summed E-state index contributed by atoms with van der Waals surface area (Å²) in [5.74, 6) is 0.287. The lowest BCUT2D eigenvalue weighted by molar-refractivity contribution is -0.135. The molecule has 0 spiro atoms. The van der Waals surface area contributed by atoms with Crippen molar-refractivity contribution >= 4 is 5.91 Å². The van der Waals surface area contributed by atoms with E-state index < -0.39 is 0 Å². The van der Waals surface area contributed by atoms with Crippen LogP contribution in [0.5, 0.6) is 0 Å². The molecule has 0 atom stereocenters. The highest BCUT2D eigenvalue weighted by molar-refractivity contribution is 5.75. The monoisotopic (exact) mass is 228 g/mol. The Kier molecular flexibility index (Phi) is 5.77. The lowest BCUT2D eigenvalue weighted by atomic mass is 10.2. The van der Waals surface area contributed by atoms with Crippen LogP contribution >= 0.6 is 0 Å². The lowest BCUT2D eigenvalue weighted by Gasteiger charge is -2.42. The maximum absolute atomic E-state index is 11.4. The molecule has 94 valence electrons. The first-order valence-corrected chi connectivity index (χ1v) is 6.41. The standard InChI is InChI=1S/C10H18N2O2.C2H6/c1-2-10(13)12-5-3-11(4-6-12)9-7-14-8-9;1-2/h9H,2-8H2,1H3;1-2H3. The van der Waals surface area contributed by atoms with E-state index in [-0.39, 0.29) is 5.91 Å². The Balaban J connectivity index is 0.000000606. The van der Waals surface area contributed by atoms with Gasteiger partial charge in [0.05, 0.1) is 19.3 Å². The number of carbonyl (C=O) groups is 1. The summed E-state index contributed by atoms with van der Waals surface area (Å²) < 4.78 is 5.16. The van der Waals surface area contributed by atoms with Crippen molar-refractivity contribution in [2.75, 3.05) is 39.4 Å². The Bertz CT molecular complexity index is 209. The number of rotatable bonds is 2. The van der Waals surface area contributed by atoms with Gasteiger partial charge in [0.1, 0.15) is 0 Å². The molecule has 0 saturated carbocycles. The molecule has 0 radical (unpaired) electrons. The summed E-state index contributed by atoms with van der Waals surface area (Å²) in [5.41, 5.74) is 0. The van der Waals surface area contributed by atoms with Gasteiger partial charge in [-0.2, -0.15) is 0 Å². The van der Waals surface area contributed by atoms with Crippen molar-refractivity contribution in [2.24, 2.45) is 0 Å². The van der Waals surface area contributed by atoms with Crippen molar-refractivity contribution in [3.05, 3.63) is 0 Å². The van der Waals surface area contributed by atoms with Crippen molar-refractivity contribution < 1.29 is 9.53 Å². The minimum Gasteiger partial charge on any atom is -0.378 e. The molecule has 4 heteroatoms. The van der Waals surface area contributed by atoms with Crippen molar-refractivity contribution in [3.8, 4) is 0 Å². The fourth-order valence-electron chi connectivity index (χ4n) is 1.99. The third kappa shape index (κ3) is 3.19. The number of carbonyl (C=O) groups excluding carboxylic acids is 1. The molecule has 4 nitrogen and oxygen atoms in total. The Morgan fingerprint density at radius 3 is 2.12 bits per heavy atom. The SMILES string of the molecule is CC.CCC(=O)N1CCN(C2COC2)CC1. The second-order valence-electron chi connectivity index (χ2n) is 3.96. The fourth-order valence-corrected chi connectivity index (χ4v) is 1.99. The molecule has 2 aliphatic heterocycles. The van der Waals surface area contributed by atoms with Gasteiger partial charge in [-0.25, -0.2) is 0 Å². The normalized spacial score (nSPS) is 22.1. The highest BCUT2D eigenvalue weighted by atomic mass is 16.5. The van der Waals surface area contributed by atoms with Crippen molar-refractivity contribution in [1.29, 1.82) is 0 Å². The van der Waals surface area contributed by atoms with E-state index in [2.05, 4.69) is 4.90 Å². The summed E-state index contributed by atoms with van der Waals surface area (Å²) in [6.45, 7) is 11.5. The van der Waals surface area contributed by atoms with E-state index in [0.717, 1.165) is 39.4 Å². The van der Waals surface area contributed by atoms with Gasteiger partial charge in [0.25, 0.3) is 0 Å². The molecule has 2 saturated heterocycles. The number of ether oxygens (including phenoxy) is 1. The summed E-state index contributed by atoms with van der Waals surface area (Å²) in [7, 11) is 0. The van der Waals surface area contributed by atoms with E-state index >= 15 is 0 Å². The van der Waals surface area contributed by atoms with E-state index in [0.29, 0.717) is 12.5 Å². The molecule has 2 aliphatic rings. The number of amides is 1. The Morgan fingerprint density at radius 1 is 1.19 bits per heavy atom. The molecule has 2 heterocycles. The molecular weight excluding hydrogens is 204 g/mol. The van der Waals surface area contributed by atoms with Gasteiger partial charge in [0.2, 0.25) is 5.91 Å². The molecule has 0 aliphatic carbocycles. The largest absolute Gasteiger partial charge is 0.378 e. The van der Waals surface area contributed by atoms with Gasteiger partial charge in [-0.1, -0.05) is 20.8 Å². The zero-order chi connectivity index (χ0) is 12.0. The maximum Gasteiger partial charge on any atom is 0.222 e. The summed E-state index contributed by atoms with van der Waals surface area (Å²) in [4.78, 5) is 15.8. The topological polar surface area (TPSA) is 32.8 Å². The third-order valence-electron chi connectivity index (χ3n) is 3.11. The summed E-state index contributed by atoms with van der Waals surface area (Å²) >= 11 is 0. The van der Waals surface area contributed by atoms with Crippen LogP contribution in [-0.2, 0) is 9.53 Å². The Labute approximate surface area is 98.5 Å². The first kappa shape index (κ1) is 13.5. The number of hydrogen-bond acceptors (Lipinski definition) is 3. The van der Waals surface area contributed by atoms with E-state index in [9.17, 15) is 4.79 Å². The van der Waals surface area contributed by atoms with Crippen LogP contribution in [-0.4, -0.2) is 61.1 Å². The van der Waals surface area contributed by atoms with Crippen LogP contribution in [0.3, 0.4) is 0 Å². The minimum absolute atomic E-state index is 0.287. The molecule has 0 unspecified atom stereocenters. The maximum atomic E-state index is 11.4. The van der Waals surface area contributed by atoms with Gasteiger partial charge in [-0.3, -0.25) is 9.69 Å². The molecule has 0 aromatic heterocycles. The second-order valence-corrected chi connectivity index (χ2v) is 3.96. The smallest absolute Gasteiger partial charge is 0.222 e. The van der Waals surface area contributed by atoms with Gasteiger partial charge >= 0.3 is 0 Å². The first-order chi connectivity index (χ1) is 7.81. The van der Waals surface area contributed by atoms with Crippen LogP contribution in [0.25, 0.3) is 0 Å². The van der Waals surface area contributed by atoms with Crippen molar-refractivity contribution in [1.82, 2.24) is 9.80 Å².